The Kier molecular flexibility index (Phi) is 5.02. The zero-order valence-corrected chi connectivity index (χ0v) is 12.2. The van der Waals surface area contributed by atoms with Crippen molar-refractivity contribution in [3.05, 3.63) is 59.7 Å². The van der Waals surface area contributed by atoms with Gasteiger partial charge in [-0.1, -0.05) is 24.3 Å². The molecule has 20 heavy (non-hydrogen) atoms. The van der Waals surface area contributed by atoms with Crippen LogP contribution in [0.25, 0.3) is 0 Å². The van der Waals surface area contributed by atoms with Gasteiger partial charge in [0.2, 0.25) is 0 Å². The highest BCUT2D eigenvalue weighted by molar-refractivity contribution is 5.32. The van der Waals surface area contributed by atoms with E-state index in [1.165, 1.54) is 5.56 Å². The van der Waals surface area contributed by atoms with E-state index in [2.05, 4.69) is 24.4 Å². The van der Waals surface area contributed by atoms with Crippen molar-refractivity contribution in [2.75, 3.05) is 14.2 Å². The van der Waals surface area contributed by atoms with Gasteiger partial charge in [0.25, 0.3) is 0 Å². The second kappa shape index (κ2) is 6.96. The zero-order valence-electron chi connectivity index (χ0n) is 12.2. The molecule has 0 fully saturated rings. The highest BCUT2D eigenvalue weighted by atomic mass is 16.5. The van der Waals surface area contributed by atoms with E-state index < -0.39 is 0 Å². The number of hydrogen-bond acceptors (Lipinski definition) is 3. The maximum atomic E-state index is 5.84. The highest BCUT2D eigenvalue weighted by Crippen LogP contribution is 2.20. The van der Waals surface area contributed by atoms with E-state index in [1.807, 2.05) is 43.4 Å². The van der Waals surface area contributed by atoms with E-state index >= 15 is 0 Å². The van der Waals surface area contributed by atoms with Crippen LogP contribution in [0.1, 0.15) is 24.1 Å². The number of rotatable bonds is 6. The van der Waals surface area contributed by atoms with Gasteiger partial charge in [-0.15, -0.1) is 0 Å². The molecule has 3 nitrogen and oxygen atoms in total. The third-order valence-electron chi connectivity index (χ3n) is 3.33. The van der Waals surface area contributed by atoms with Crippen LogP contribution >= 0.6 is 0 Å². The Morgan fingerprint density at radius 3 is 2.55 bits per heavy atom. The molecular formula is C17H21NO2. The molecular weight excluding hydrogens is 250 g/mol. The van der Waals surface area contributed by atoms with Crippen molar-refractivity contribution in [1.82, 2.24) is 5.32 Å². The molecule has 1 N–H and O–H groups in total. The third kappa shape index (κ3) is 3.75. The predicted octanol–water partition coefficient (Wildman–Crippen LogP) is 3.55. The van der Waals surface area contributed by atoms with Crippen molar-refractivity contribution in [3.8, 4) is 11.5 Å². The first kappa shape index (κ1) is 14.4. The Balaban J connectivity index is 2.03. The Morgan fingerprint density at radius 1 is 1.05 bits per heavy atom. The largest absolute Gasteiger partial charge is 0.497 e. The molecule has 0 radical (unpaired) electrons. The van der Waals surface area contributed by atoms with E-state index in [4.69, 9.17) is 9.47 Å². The lowest BCUT2D eigenvalue weighted by Crippen LogP contribution is -2.12. The minimum Gasteiger partial charge on any atom is -0.497 e. The summed E-state index contributed by atoms with van der Waals surface area (Å²) in [6, 6.07) is 16.4. The lowest BCUT2D eigenvalue weighted by Gasteiger charge is -2.13. The van der Waals surface area contributed by atoms with Crippen LogP contribution in [0.2, 0.25) is 0 Å². The smallest absolute Gasteiger partial charge is 0.120 e. The molecule has 0 amide bonds. The van der Waals surface area contributed by atoms with Crippen LogP contribution in [-0.4, -0.2) is 14.2 Å². The quantitative estimate of drug-likeness (QED) is 0.871. The molecule has 106 valence electrons. The molecule has 0 aliphatic rings. The van der Waals surface area contributed by atoms with E-state index in [0.717, 1.165) is 17.1 Å². The van der Waals surface area contributed by atoms with Gasteiger partial charge in [0.15, 0.2) is 0 Å². The summed E-state index contributed by atoms with van der Waals surface area (Å²) >= 11 is 0. The lowest BCUT2D eigenvalue weighted by atomic mass is 10.1. The van der Waals surface area contributed by atoms with Crippen LogP contribution in [0.3, 0.4) is 0 Å². The molecule has 2 rings (SSSR count). The van der Waals surface area contributed by atoms with Crippen LogP contribution in [0.15, 0.2) is 48.5 Å². The minimum atomic E-state index is 0.315. The second-order valence-corrected chi connectivity index (χ2v) is 4.72. The standard InChI is InChI=1S/C17H21NO2/c1-13(18-2)15-7-5-9-17(11-15)20-12-14-6-4-8-16(10-14)19-3/h4-11,13,18H,12H2,1-3H3. The van der Waals surface area contributed by atoms with Crippen LogP contribution in [-0.2, 0) is 6.61 Å². The van der Waals surface area contributed by atoms with E-state index in [1.54, 1.807) is 7.11 Å². The van der Waals surface area contributed by atoms with Crippen LogP contribution in [0.5, 0.6) is 11.5 Å². The summed E-state index contributed by atoms with van der Waals surface area (Å²) in [5, 5.41) is 3.23. The average Bonchev–Trinajstić information content (AvgIpc) is 2.52. The van der Waals surface area contributed by atoms with Crippen molar-refractivity contribution in [3.63, 3.8) is 0 Å². The minimum absolute atomic E-state index is 0.315. The first-order valence-electron chi connectivity index (χ1n) is 6.76. The number of methoxy groups -OCH3 is 1. The average molecular weight is 271 g/mol. The Morgan fingerprint density at radius 2 is 1.80 bits per heavy atom. The number of benzene rings is 2. The molecule has 0 bridgehead atoms. The fourth-order valence-electron chi connectivity index (χ4n) is 1.97. The summed E-state index contributed by atoms with van der Waals surface area (Å²) in [6.45, 7) is 2.66. The van der Waals surface area contributed by atoms with Gasteiger partial charge in [0, 0.05) is 6.04 Å². The maximum Gasteiger partial charge on any atom is 0.120 e. The summed E-state index contributed by atoms with van der Waals surface area (Å²) in [7, 11) is 3.62. The first-order chi connectivity index (χ1) is 9.72. The van der Waals surface area contributed by atoms with Crippen LogP contribution in [0, 0.1) is 0 Å². The molecule has 0 spiro atoms. The van der Waals surface area contributed by atoms with Crippen molar-refractivity contribution in [2.45, 2.75) is 19.6 Å². The number of ether oxygens (including phenoxy) is 2. The van der Waals surface area contributed by atoms with Gasteiger partial charge in [-0.2, -0.15) is 0 Å². The molecule has 0 saturated heterocycles. The Bertz CT molecular complexity index is 554. The molecule has 0 aliphatic heterocycles. The zero-order chi connectivity index (χ0) is 14.4. The van der Waals surface area contributed by atoms with E-state index in [0.29, 0.717) is 12.6 Å². The molecule has 0 heterocycles. The Hall–Kier alpha value is -2.00. The fraction of sp³-hybridized carbons (Fsp3) is 0.294. The molecule has 3 heteroatoms. The molecule has 2 aromatic carbocycles. The van der Waals surface area contributed by atoms with Crippen molar-refractivity contribution in [1.29, 1.82) is 0 Å². The van der Waals surface area contributed by atoms with E-state index in [9.17, 15) is 0 Å². The summed E-state index contributed by atoms with van der Waals surface area (Å²) in [6.07, 6.45) is 0. The molecule has 1 atom stereocenters. The van der Waals surface area contributed by atoms with Crippen molar-refractivity contribution < 1.29 is 9.47 Å². The summed E-state index contributed by atoms with van der Waals surface area (Å²) < 4.78 is 11.1. The molecule has 2 aromatic rings. The van der Waals surface area contributed by atoms with E-state index in [-0.39, 0.29) is 0 Å². The van der Waals surface area contributed by atoms with Gasteiger partial charge in [-0.25, -0.2) is 0 Å². The molecule has 0 saturated carbocycles. The monoisotopic (exact) mass is 271 g/mol. The van der Waals surface area contributed by atoms with Crippen LogP contribution < -0.4 is 14.8 Å². The summed E-state index contributed by atoms with van der Waals surface area (Å²) in [5.74, 6) is 1.73. The molecule has 1 unspecified atom stereocenters. The summed E-state index contributed by atoms with van der Waals surface area (Å²) in [5.41, 5.74) is 2.31. The molecule has 0 aromatic heterocycles. The van der Waals surface area contributed by atoms with Crippen molar-refractivity contribution in [2.24, 2.45) is 0 Å². The predicted molar refractivity (Wildman–Crippen MR) is 81.2 cm³/mol. The van der Waals surface area contributed by atoms with Gasteiger partial charge in [-0.05, 0) is 49.4 Å². The SMILES string of the molecule is CNC(C)c1cccc(OCc2cccc(OC)c2)c1. The normalized spacial score (nSPS) is 11.9. The van der Waals surface area contributed by atoms with Gasteiger partial charge in [0.1, 0.15) is 18.1 Å². The highest BCUT2D eigenvalue weighted by Gasteiger charge is 2.04. The van der Waals surface area contributed by atoms with Gasteiger partial charge in [-0.3, -0.25) is 0 Å². The van der Waals surface area contributed by atoms with Crippen molar-refractivity contribution >= 4 is 0 Å². The maximum absolute atomic E-state index is 5.84. The van der Waals surface area contributed by atoms with Gasteiger partial charge < -0.3 is 14.8 Å². The molecule has 0 aliphatic carbocycles. The topological polar surface area (TPSA) is 30.5 Å². The second-order valence-electron chi connectivity index (χ2n) is 4.72. The number of hydrogen-bond donors (Lipinski definition) is 1. The Labute approximate surface area is 120 Å². The lowest BCUT2D eigenvalue weighted by molar-refractivity contribution is 0.304. The first-order valence-corrected chi connectivity index (χ1v) is 6.76. The summed E-state index contributed by atoms with van der Waals surface area (Å²) in [4.78, 5) is 0. The van der Waals surface area contributed by atoms with Gasteiger partial charge >= 0.3 is 0 Å². The van der Waals surface area contributed by atoms with Gasteiger partial charge in [0.05, 0.1) is 7.11 Å². The van der Waals surface area contributed by atoms with Crippen LogP contribution in [0.4, 0.5) is 0 Å². The fourth-order valence-corrected chi connectivity index (χ4v) is 1.97. The number of nitrogens with one attached hydrogen (secondary N) is 1. The third-order valence-corrected chi connectivity index (χ3v) is 3.33.